The molecule has 2 heterocycles. The summed E-state index contributed by atoms with van der Waals surface area (Å²) >= 11 is 13.3. The molecule has 0 unspecified atom stereocenters. The Hall–Kier alpha value is -3.50. The van der Waals surface area contributed by atoms with E-state index in [1.54, 1.807) is 62.4 Å². The number of nitrogen functional groups attached to an aromatic ring is 2. The van der Waals surface area contributed by atoms with E-state index < -0.39 is 30.0 Å². The maximum absolute atomic E-state index is 11.5. The van der Waals surface area contributed by atoms with Crippen LogP contribution in [0.15, 0.2) is 115 Å². The molecule has 0 bridgehead atoms. The van der Waals surface area contributed by atoms with Crippen LogP contribution >= 0.6 is 23.2 Å². The first-order valence-corrected chi connectivity index (χ1v) is 18.3. The smallest absolute Gasteiger partial charge is 0.744 e. The van der Waals surface area contributed by atoms with E-state index in [1.165, 1.54) is 33.6 Å². The second kappa shape index (κ2) is 17.1. The Labute approximate surface area is 363 Å². The van der Waals surface area contributed by atoms with Gasteiger partial charge in [-0.1, -0.05) is 47.5 Å². The third-order valence-electron chi connectivity index (χ3n) is 7.56. The summed E-state index contributed by atoms with van der Waals surface area (Å²) in [4.78, 5) is -0.855. The molecule has 4 N–H and O–H groups in total. The standard InChI is InChI=1S/C32H26Cl2N10O6S2.2Na/c1-17-29(31(35)43(41-17)21-5-3-7-23(15-21)51(45,46)47)39-37-19-9-11-25(27(33)13-19)26-12-10-20(14-28(26)34)38-40-30-18(2)42-44(32(30)36)22-6-4-8-24(16-22)52(48,49)50;;/h3-16H,35-36H2,1-2H3,(H,45,46,47)(H,48,49,50);;/q;2*+1/p-2. The van der Waals surface area contributed by atoms with Gasteiger partial charge >= 0.3 is 59.1 Å². The summed E-state index contributed by atoms with van der Waals surface area (Å²) in [6.45, 7) is 3.29. The first-order chi connectivity index (χ1) is 24.5. The van der Waals surface area contributed by atoms with Crippen molar-refractivity contribution in [2.45, 2.75) is 23.6 Å². The molecule has 0 aliphatic heterocycles. The number of nitrogens with zero attached hydrogens (tertiary/aromatic N) is 8. The van der Waals surface area contributed by atoms with E-state index in [4.69, 9.17) is 34.7 Å². The molecule has 0 amide bonds. The Balaban J connectivity index is 0.00000325. The summed E-state index contributed by atoms with van der Waals surface area (Å²) in [5.74, 6) is 0.145. The van der Waals surface area contributed by atoms with Gasteiger partial charge < -0.3 is 20.6 Å². The Bertz CT molecular complexity index is 2500. The summed E-state index contributed by atoms with van der Waals surface area (Å²) in [7, 11) is -9.37. The van der Waals surface area contributed by atoms with Gasteiger partial charge in [0, 0.05) is 11.1 Å². The second-order valence-corrected chi connectivity index (χ2v) is 14.7. The Morgan fingerprint density at radius 1 is 0.593 bits per heavy atom. The fourth-order valence-electron chi connectivity index (χ4n) is 5.04. The normalized spacial score (nSPS) is 11.9. The average molecular weight is 826 g/mol. The van der Waals surface area contributed by atoms with Crippen molar-refractivity contribution >= 4 is 77.8 Å². The topological polar surface area (TPSA) is 252 Å². The largest absolute Gasteiger partial charge is 1.00 e. The van der Waals surface area contributed by atoms with E-state index in [2.05, 4.69) is 30.7 Å². The molecule has 4 aromatic carbocycles. The minimum absolute atomic E-state index is 0. The molecule has 0 saturated carbocycles. The van der Waals surface area contributed by atoms with Crippen LogP contribution in [0.4, 0.5) is 34.4 Å². The van der Waals surface area contributed by atoms with Crippen molar-refractivity contribution in [3.8, 4) is 22.5 Å². The minimum atomic E-state index is -4.69. The van der Waals surface area contributed by atoms with Crippen LogP contribution in [0.5, 0.6) is 0 Å². The van der Waals surface area contributed by atoms with Crippen LogP contribution in [0.25, 0.3) is 22.5 Å². The maximum Gasteiger partial charge on any atom is 1.00 e. The van der Waals surface area contributed by atoms with Crippen molar-refractivity contribution < 1.29 is 85.1 Å². The zero-order chi connectivity index (χ0) is 37.5. The number of hydrogen-bond acceptors (Lipinski definition) is 14. The van der Waals surface area contributed by atoms with Crippen molar-refractivity contribution in [2.75, 3.05) is 11.5 Å². The molecule has 2 aromatic heterocycles. The molecule has 0 radical (unpaired) electrons. The van der Waals surface area contributed by atoms with Gasteiger partial charge in [-0.15, -0.1) is 10.2 Å². The molecule has 16 nitrogen and oxygen atoms in total. The molecular formula is C32H24Cl2N10Na2O6S2. The quantitative estimate of drug-likeness (QED) is 0.121. The van der Waals surface area contributed by atoms with Gasteiger partial charge in [-0.3, -0.25) is 0 Å². The summed E-state index contributed by atoms with van der Waals surface area (Å²) in [6.07, 6.45) is 0. The molecular weight excluding hydrogens is 801 g/mol. The van der Waals surface area contributed by atoms with Gasteiger partial charge in [-0.05, 0) is 74.5 Å². The van der Waals surface area contributed by atoms with Crippen molar-refractivity contribution in [3.63, 3.8) is 0 Å². The summed E-state index contributed by atoms with van der Waals surface area (Å²) < 4.78 is 71.3. The minimum Gasteiger partial charge on any atom is -0.744 e. The molecule has 22 heteroatoms. The van der Waals surface area contributed by atoms with Crippen LogP contribution in [0.1, 0.15) is 11.4 Å². The molecule has 0 aliphatic rings. The van der Waals surface area contributed by atoms with Crippen molar-refractivity contribution in [2.24, 2.45) is 20.5 Å². The van der Waals surface area contributed by atoms with Crippen molar-refractivity contribution in [3.05, 3.63) is 106 Å². The number of anilines is 2. The van der Waals surface area contributed by atoms with Gasteiger partial charge in [0.25, 0.3) is 0 Å². The van der Waals surface area contributed by atoms with Gasteiger partial charge in [0.15, 0.2) is 23.0 Å². The van der Waals surface area contributed by atoms with E-state index in [0.29, 0.717) is 43.9 Å². The number of aryl methyl sites for hydroxylation is 2. The third-order valence-corrected chi connectivity index (χ3v) is 9.84. The molecule has 0 spiro atoms. The monoisotopic (exact) mass is 824 g/mol. The van der Waals surface area contributed by atoms with Crippen molar-refractivity contribution in [1.29, 1.82) is 0 Å². The summed E-state index contributed by atoms with van der Waals surface area (Å²) in [5, 5.41) is 26.2. The van der Waals surface area contributed by atoms with Gasteiger partial charge in [0.05, 0.1) is 54.0 Å². The van der Waals surface area contributed by atoms with Crippen LogP contribution < -0.4 is 70.6 Å². The Kier molecular flexibility index (Phi) is 13.7. The van der Waals surface area contributed by atoms with E-state index in [0.717, 1.165) is 12.1 Å². The van der Waals surface area contributed by atoms with Gasteiger partial charge in [0.1, 0.15) is 20.2 Å². The van der Waals surface area contributed by atoms with E-state index >= 15 is 0 Å². The first kappa shape index (κ1) is 43.2. The van der Waals surface area contributed by atoms with E-state index in [1.807, 2.05) is 0 Å². The maximum atomic E-state index is 11.5. The molecule has 266 valence electrons. The Morgan fingerprint density at radius 3 is 1.30 bits per heavy atom. The van der Waals surface area contributed by atoms with E-state index in [9.17, 15) is 25.9 Å². The van der Waals surface area contributed by atoms with Crippen LogP contribution in [0.2, 0.25) is 10.0 Å². The number of azo groups is 2. The molecule has 0 saturated heterocycles. The first-order valence-electron chi connectivity index (χ1n) is 14.8. The zero-order valence-corrected chi connectivity index (χ0v) is 36.0. The zero-order valence-electron chi connectivity index (χ0n) is 28.8. The third kappa shape index (κ3) is 9.30. The number of aromatic nitrogens is 4. The van der Waals surface area contributed by atoms with Crippen LogP contribution in [-0.2, 0) is 20.2 Å². The second-order valence-electron chi connectivity index (χ2n) is 11.1. The molecule has 6 rings (SSSR count). The predicted molar refractivity (Wildman–Crippen MR) is 192 cm³/mol. The number of halogens is 2. The van der Waals surface area contributed by atoms with Gasteiger partial charge in [-0.2, -0.15) is 20.4 Å². The van der Waals surface area contributed by atoms with Gasteiger partial charge in [-0.25, -0.2) is 26.2 Å². The number of benzene rings is 4. The predicted octanol–water partition coefficient (Wildman–Crippen LogP) is 1.46. The molecule has 0 atom stereocenters. The molecule has 6 aromatic rings. The number of nitrogens with two attached hydrogens (primary N) is 2. The summed E-state index contributed by atoms with van der Waals surface area (Å²) in [5.41, 5.74) is 16.2. The fourth-order valence-corrected chi connectivity index (χ4v) is 6.61. The summed E-state index contributed by atoms with van der Waals surface area (Å²) in [6, 6.07) is 20.5. The van der Waals surface area contributed by atoms with Crippen LogP contribution in [0.3, 0.4) is 0 Å². The number of rotatable bonds is 9. The number of hydrogen-bond donors (Lipinski definition) is 2. The Morgan fingerprint density at radius 2 is 0.963 bits per heavy atom. The molecule has 0 fully saturated rings. The fraction of sp³-hybridized carbons (Fsp3) is 0.0625. The molecule has 0 aliphatic carbocycles. The van der Waals surface area contributed by atoms with Gasteiger partial charge in [0.2, 0.25) is 0 Å². The van der Waals surface area contributed by atoms with Crippen molar-refractivity contribution in [1.82, 2.24) is 19.6 Å². The molecule has 54 heavy (non-hydrogen) atoms. The van der Waals surface area contributed by atoms with E-state index in [-0.39, 0.29) is 93.5 Å². The SMILES string of the molecule is Cc1nn(-c2cccc(S(=O)(=O)[O-])c2)c(N)c1N=Nc1ccc(-c2ccc(N=Nc3c(C)nn(-c4cccc(S(=O)(=O)[O-])c4)c3N)cc2Cl)c(Cl)c1.[Na+].[Na+]. The van der Waals surface area contributed by atoms with Crippen LogP contribution in [0, 0.1) is 13.8 Å². The van der Waals surface area contributed by atoms with Crippen LogP contribution in [-0.4, -0.2) is 45.5 Å². The average Bonchev–Trinajstić information content (AvgIpc) is 3.54.